The van der Waals surface area contributed by atoms with Crippen LogP contribution in [0, 0.1) is 27.7 Å². The SMILES string of the molecule is COC(=O)c1c(NC(=O)CCSc2nnc3cc(C)c4cccc(C)c4n23)sc(C)c1C. The van der Waals surface area contributed by atoms with Crippen molar-refractivity contribution >= 4 is 56.5 Å². The van der Waals surface area contributed by atoms with Gasteiger partial charge >= 0.3 is 5.97 Å². The maximum absolute atomic E-state index is 12.6. The average Bonchev–Trinajstić information content (AvgIpc) is 3.28. The van der Waals surface area contributed by atoms with Crippen molar-refractivity contribution in [1.29, 1.82) is 0 Å². The standard InChI is InChI=1S/C23H24N4O3S2/c1-12-7-6-8-16-13(2)11-17-25-26-23(27(17)20(12)16)31-10-9-18(28)24-21-19(22(29)30-5)14(3)15(4)32-21/h6-8,11H,9-10H2,1-5H3,(H,24,28). The number of ether oxygens (including phenoxy) is 1. The number of amides is 1. The number of hydrogen-bond donors (Lipinski definition) is 1. The number of para-hydroxylation sites is 1. The Kier molecular flexibility index (Phi) is 6.21. The third kappa shape index (κ3) is 3.98. The van der Waals surface area contributed by atoms with E-state index in [4.69, 9.17) is 4.74 Å². The van der Waals surface area contributed by atoms with Crippen molar-refractivity contribution in [3.63, 3.8) is 0 Å². The Labute approximate surface area is 194 Å². The molecule has 1 aromatic carbocycles. The summed E-state index contributed by atoms with van der Waals surface area (Å²) < 4.78 is 6.93. The number of methoxy groups -OCH3 is 1. The van der Waals surface area contributed by atoms with Crippen LogP contribution < -0.4 is 5.32 Å². The number of anilines is 1. The lowest BCUT2D eigenvalue weighted by atomic mass is 10.1. The quantitative estimate of drug-likeness (QED) is 0.314. The summed E-state index contributed by atoms with van der Waals surface area (Å²) in [6, 6.07) is 8.26. The predicted molar refractivity (Wildman–Crippen MR) is 129 cm³/mol. The molecule has 0 aliphatic heterocycles. The summed E-state index contributed by atoms with van der Waals surface area (Å²) in [4.78, 5) is 25.7. The van der Waals surface area contributed by atoms with E-state index in [1.54, 1.807) is 0 Å². The van der Waals surface area contributed by atoms with Gasteiger partial charge in [-0.15, -0.1) is 21.5 Å². The van der Waals surface area contributed by atoms with Crippen LogP contribution in [0.1, 0.15) is 38.3 Å². The largest absolute Gasteiger partial charge is 0.465 e. The van der Waals surface area contributed by atoms with E-state index in [2.05, 4.69) is 52.0 Å². The highest BCUT2D eigenvalue weighted by molar-refractivity contribution is 7.99. The van der Waals surface area contributed by atoms with Crippen LogP contribution in [0.3, 0.4) is 0 Å². The molecule has 166 valence electrons. The van der Waals surface area contributed by atoms with Gasteiger partial charge in [0.25, 0.3) is 0 Å². The number of aryl methyl sites for hydroxylation is 3. The lowest BCUT2D eigenvalue weighted by Gasteiger charge is -2.10. The van der Waals surface area contributed by atoms with E-state index >= 15 is 0 Å². The van der Waals surface area contributed by atoms with Gasteiger partial charge in [0.1, 0.15) is 5.00 Å². The minimum absolute atomic E-state index is 0.158. The number of carbonyl (C=O) groups is 2. The van der Waals surface area contributed by atoms with Gasteiger partial charge in [-0.3, -0.25) is 9.20 Å². The third-order valence-electron chi connectivity index (χ3n) is 5.48. The van der Waals surface area contributed by atoms with Gasteiger partial charge in [-0.05, 0) is 50.5 Å². The Morgan fingerprint density at radius 3 is 2.69 bits per heavy atom. The molecule has 0 aliphatic rings. The van der Waals surface area contributed by atoms with Gasteiger partial charge in [0.2, 0.25) is 5.91 Å². The Bertz CT molecular complexity index is 1360. The molecule has 4 aromatic rings. The lowest BCUT2D eigenvalue weighted by Crippen LogP contribution is -2.14. The van der Waals surface area contributed by atoms with Crippen LogP contribution in [0.5, 0.6) is 0 Å². The van der Waals surface area contributed by atoms with Crippen LogP contribution >= 0.6 is 23.1 Å². The van der Waals surface area contributed by atoms with E-state index < -0.39 is 5.97 Å². The van der Waals surface area contributed by atoms with E-state index in [1.807, 2.05) is 19.9 Å². The number of esters is 1. The second-order valence-corrected chi connectivity index (χ2v) is 9.89. The molecule has 0 fully saturated rings. The second-order valence-electron chi connectivity index (χ2n) is 7.60. The maximum Gasteiger partial charge on any atom is 0.341 e. The minimum Gasteiger partial charge on any atom is -0.465 e. The first-order chi connectivity index (χ1) is 15.3. The summed E-state index contributed by atoms with van der Waals surface area (Å²) in [7, 11) is 1.34. The zero-order chi connectivity index (χ0) is 23.0. The highest BCUT2D eigenvalue weighted by Gasteiger charge is 2.21. The van der Waals surface area contributed by atoms with Gasteiger partial charge in [0.15, 0.2) is 10.8 Å². The Hall–Kier alpha value is -2.91. The molecule has 4 rings (SSSR count). The van der Waals surface area contributed by atoms with Crippen molar-refractivity contribution in [2.24, 2.45) is 0 Å². The van der Waals surface area contributed by atoms with Crippen LogP contribution in [0.15, 0.2) is 29.4 Å². The first-order valence-electron chi connectivity index (χ1n) is 10.2. The minimum atomic E-state index is -0.441. The summed E-state index contributed by atoms with van der Waals surface area (Å²) in [6.07, 6.45) is 0.277. The summed E-state index contributed by atoms with van der Waals surface area (Å²) in [5.41, 5.74) is 5.45. The summed E-state index contributed by atoms with van der Waals surface area (Å²) in [6.45, 7) is 7.92. The first-order valence-corrected chi connectivity index (χ1v) is 12.0. The van der Waals surface area contributed by atoms with Crippen LogP contribution in [0.4, 0.5) is 5.00 Å². The van der Waals surface area contributed by atoms with Crippen LogP contribution in [0.2, 0.25) is 0 Å². The number of nitrogens with one attached hydrogen (secondary N) is 1. The predicted octanol–water partition coefficient (Wildman–Crippen LogP) is 5.09. The van der Waals surface area contributed by atoms with Crippen LogP contribution in [-0.4, -0.2) is 39.3 Å². The van der Waals surface area contributed by atoms with Crippen molar-refractivity contribution in [3.05, 3.63) is 51.4 Å². The van der Waals surface area contributed by atoms with Crippen LogP contribution in [-0.2, 0) is 9.53 Å². The monoisotopic (exact) mass is 468 g/mol. The highest BCUT2D eigenvalue weighted by Crippen LogP contribution is 2.33. The Balaban J connectivity index is 1.51. The molecule has 9 heteroatoms. The first kappa shape index (κ1) is 22.3. The second kappa shape index (κ2) is 8.91. The highest BCUT2D eigenvalue weighted by atomic mass is 32.2. The molecule has 0 bridgehead atoms. The van der Waals surface area contributed by atoms with Crippen molar-refractivity contribution in [2.75, 3.05) is 18.2 Å². The Morgan fingerprint density at radius 1 is 1.16 bits per heavy atom. The number of nitrogens with zero attached hydrogens (tertiary/aromatic N) is 3. The van der Waals surface area contributed by atoms with E-state index in [0.29, 0.717) is 16.3 Å². The molecule has 3 aromatic heterocycles. The molecule has 1 amide bonds. The van der Waals surface area contributed by atoms with E-state index in [0.717, 1.165) is 43.3 Å². The number of thiophene rings is 1. The zero-order valence-electron chi connectivity index (χ0n) is 18.6. The van der Waals surface area contributed by atoms with Gasteiger partial charge in [-0.2, -0.15) is 0 Å². The number of rotatable bonds is 6. The van der Waals surface area contributed by atoms with Gasteiger partial charge in [-0.1, -0.05) is 30.0 Å². The van der Waals surface area contributed by atoms with Crippen molar-refractivity contribution in [3.8, 4) is 0 Å². The molecule has 0 spiro atoms. The maximum atomic E-state index is 12.6. The number of pyridine rings is 1. The Morgan fingerprint density at radius 2 is 1.94 bits per heavy atom. The third-order valence-corrected chi connectivity index (χ3v) is 7.53. The van der Waals surface area contributed by atoms with E-state index in [-0.39, 0.29) is 12.3 Å². The molecule has 0 aliphatic carbocycles. The number of hydrogen-bond acceptors (Lipinski definition) is 7. The van der Waals surface area contributed by atoms with Crippen LogP contribution in [0.25, 0.3) is 16.6 Å². The summed E-state index contributed by atoms with van der Waals surface area (Å²) in [5, 5.41) is 14.0. The number of aromatic nitrogens is 3. The topological polar surface area (TPSA) is 85.6 Å². The fourth-order valence-electron chi connectivity index (χ4n) is 3.71. The molecule has 0 radical (unpaired) electrons. The fourth-order valence-corrected chi connectivity index (χ4v) is 5.66. The van der Waals surface area contributed by atoms with E-state index in [9.17, 15) is 9.59 Å². The molecular weight excluding hydrogens is 444 g/mol. The molecule has 1 N–H and O–H groups in total. The number of carbonyl (C=O) groups excluding carboxylic acids is 2. The molecule has 32 heavy (non-hydrogen) atoms. The van der Waals surface area contributed by atoms with Gasteiger partial charge in [0.05, 0.1) is 18.2 Å². The van der Waals surface area contributed by atoms with Gasteiger partial charge < -0.3 is 10.1 Å². The van der Waals surface area contributed by atoms with Gasteiger partial charge in [0, 0.05) is 22.4 Å². The van der Waals surface area contributed by atoms with E-state index in [1.165, 1.54) is 30.2 Å². The molecule has 7 nitrogen and oxygen atoms in total. The normalized spacial score (nSPS) is 11.3. The van der Waals surface area contributed by atoms with Crippen molar-refractivity contribution in [2.45, 2.75) is 39.3 Å². The smallest absolute Gasteiger partial charge is 0.341 e. The number of thioether (sulfide) groups is 1. The van der Waals surface area contributed by atoms with Crippen molar-refractivity contribution in [1.82, 2.24) is 14.6 Å². The molecule has 0 atom stereocenters. The summed E-state index contributed by atoms with van der Waals surface area (Å²) >= 11 is 2.87. The average molecular weight is 469 g/mol. The number of fused-ring (bicyclic) bond motifs is 3. The molecule has 0 saturated carbocycles. The molecular formula is C23H24N4O3S2. The van der Waals surface area contributed by atoms with Gasteiger partial charge in [-0.25, -0.2) is 4.79 Å². The molecule has 0 unspecified atom stereocenters. The molecule has 0 saturated heterocycles. The number of benzene rings is 1. The lowest BCUT2D eigenvalue weighted by molar-refractivity contribution is -0.115. The molecule has 3 heterocycles. The fraction of sp³-hybridized carbons (Fsp3) is 0.304. The zero-order valence-corrected chi connectivity index (χ0v) is 20.2. The summed E-state index contributed by atoms with van der Waals surface area (Å²) in [5.74, 6) is -0.0660. The van der Waals surface area contributed by atoms with Crippen molar-refractivity contribution < 1.29 is 14.3 Å².